The van der Waals surface area contributed by atoms with Gasteiger partial charge >= 0.3 is 5.97 Å². The number of rotatable bonds is 7. The molecule has 0 bridgehead atoms. The van der Waals surface area contributed by atoms with Gasteiger partial charge < -0.3 is 4.74 Å². The maximum absolute atomic E-state index is 11.2. The summed E-state index contributed by atoms with van der Waals surface area (Å²) in [6.45, 7) is 7.68. The lowest BCUT2D eigenvalue weighted by atomic mass is 9.83. The highest BCUT2D eigenvalue weighted by Crippen LogP contribution is 2.26. The number of carbonyl (C=O) groups excluding carboxylic acids is 1. The van der Waals surface area contributed by atoms with Gasteiger partial charge in [-0.1, -0.05) is 61.7 Å². The van der Waals surface area contributed by atoms with Gasteiger partial charge in [-0.2, -0.15) is 0 Å². The molecule has 0 aliphatic heterocycles. The summed E-state index contributed by atoms with van der Waals surface area (Å²) in [4.78, 5) is 11.2. The fourth-order valence-electron chi connectivity index (χ4n) is 2.75. The number of esters is 1. The van der Waals surface area contributed by atoms with Crippen LogP contribution in [0.4, 0.5) is 0 Å². The molecule has 2 heteroatoms. The monoisotopic (exact) mass is 298 g/mol. The molecule has 0 spiro atoms. The van der Waals surface area contributed by atoms with Gasteiger partial charge in [-0.3, -0.25) is 4.79 Å². The van der Waals surface area contributed by atoms with Crippen molar-refractivity contribution in [2.75, 3.05) is 0 Å². The number of hydrogen-bond acceptors (Lipinski definition) is 2. The minimum absolute atomic E-state index is 0.0599. The molecule has 0 heterocycles. The van der Waals surface area contributed by atoms with Gasteiger partial charge in [0, 0.05) is 12.8 Å². The van der Waals surface area contributed by atoms with Crippen molar-refractivity contribution in [2.24, 2.45) is 11.8 Å². The average molecular weight is 298 g/mol. The van der Waals surface area contributed by atoms with E-state index in [1.807, 2.05) is 6.07 Å². The van der Waals surface area contributed by atoms with Crippen LogP contribution >= 0.6 is 0 Å². The van der Waals surface area contributed by atoms with E-state index in [-0.39, 0.29) is 11.9 Å². The fourth-order valence-corrected chi connectivity index (χ4v) is 2.75. The third-order valence-corrected chi connectivity index (χ3v) is 3.77. The second-order valence-corrected chi connectivity index (χ2v) is 5.94. The Kier molecular flexibility index (Phi) is 7.46. The normalized spacial score (nSPS) is 14.3. The molecule has 0 unspecified atom stereocenters. The van der Waals surface area contributed by atoms with Gasteiger partial charge in [0.15, 0.2) is 6.10 Å². The lowest BCUT2D eigenvalue weighted by Gasteiger charge is -2.27. The van der Waals surface area contributed by atoms with Gasteiger partial charge in [-0.15, -0.1) is 6.42 Å². The molecule has 22 heavy (non-hydrogen) atoms. The predicted molar refractivity (Wildman–Crippen MR) is 91.2 cm³/mol. The van der Waals surface area contributed by atoms with Crippen molar-refractivity contribution >= 4 is 5.97 Å². The molecule has 0 saturated heterocycles. The number of benzene rings is 1. The molecular weight excluding hydrogens is 272 g/mol. The first-order chi connectivity index (χ1) is 10.5. The molecule has 0 radical (unpaired) electrons. The van der Waals surface area contributed by atoms with Crippen LogP contribution in [0, 0.1) is 24.2 Å². The van der Waals surface area contributed by atoms with Crippen LogP contribution in [0.1, 0.15) is 39.7 Å². The molecule has 0 aromatic heterocycles. The van der Waals surface area contributed by atoms with Crippen LogP contribution in [0.3, 0.4) is 0 Å². The summed E-state index contributed by atoms with van der Waals surface area (Å²) in [6.07, 6.45) is 9.23. The molecule has 0 amide bonds. The zero-order valence-electron chi connectivity index (χ0n) is 14.0. The topological polar surface area (TPSA) is 26.3 Å². The van der Waals surface area contributed by atoms with E-state index in [0.29, 0.717) is 5.92 Å². The van der Waals surface area contributed by atoms with Gasteiger partial charge in [0.2, 0.25) is 0 Å². The Morgan fingerprint density at radius 1 is 1.27 bits per heavy atom. The van der Waals surface area contributed by atoms with Crippen molar-refractivity contribution in [1.29, 1.82) is 0 Å². The van der Waals surface area contributed by atoms with Crippen molar-refractivity contribution < 1.29 is 9.53 Å². The van der Waals surface area contributed by atoms with Gasteiger partial charge in [0.25, 0.3) is 0 Å². The van der Waals surface area contributed by atoms with Gasteiger partial charge in [-0.25, -0.2) is 0 Å². The Bertz CT molecular complexity index is 535. The third kappa shape index (κ3) is 5.77. The highest BCUT2D eigenvalue weighted by atomic mass is 16.5. The van der Waals surface area contributed by atoms with Crippen molar-refractivity contribution in [3.8, 4) is 12.3 Å². The second-order valence-electron chi connectivity index (χ2n) is 5.94. The van der Waals surface area contributed by atoms with Crippen LogP contribution in [-0.2, 0) is 16.0 Å². The summed E-state index contributed by atoms with van der Waals surface area (Å²) in [5.41, 5.74) is 2.51. The first kappa shape index (κ1) is 18.0. The molecular formula is C20H26O2. The summed E-state index contributed by atoms with van der Waals surface area (Å²) < 4.78 is 5.29. The molecule has 2 atom stereocenters. The standard InChI is InChI=1S/C20H26O2/c1-6-19(22-17(5)21)20(15(2)3)16(4)11-10-14-18-12-8-7-9-13-18/h1,7-9,11-13,15,19-20H,10,14H2,2-5H3/b16-11+/t19-,20-/m1/s1. The highest BCUT2D eigenvalue weighted by molar-refractivity contribution is 5.66. The summed E-state index contributed by atoms with van der Waals surface area (Å²) in [7, 11) is 0. The van der Waals surface area contributed by atoms with Crippen molar-refractivity contribution in [2.45, 2.75) is 46.6 Å². The van der Waals surface area contributed by atoms with E-state index in [4.69, 9.17) is 11.2 Å². The second kappa shape index (κ2) is 9.10. The smallest absolute Gasteiger partial charge is 0.303 e. The van der Waals surface area contributed by atoms with Crippen LogP contribution < -0.4 is 0 Å². The van der Waals surface area contributed by atoms with Crippen LogP contribution in [0.2, 0.25) is 0 Å². The molecule has 2 nitrogen and oxygen atoms in total. The number of carbonyl (C=O) groups is 1. The van der Waals surface area contributed by atoms with Crippen LogP contribution in [0.25, 0.3) is 0 Å². The quantitative estimate of drug-likeness (QED) is 0.423. The first-order valence-electron chi connectivity index (χ1n) is 7.79. The maximum Gasteiger partial charge on any atom is 0.303 e. The Morgan fingerprint density at radius 2 is 1.91 bits per heavy atom. The molecule has 1 rings (SSSR count). The molecule has 118 valence electrons. The Labute approximate surface area is 134 Å². The lowest BCUT2D eigenvalue weighted by molar-refractivity contribution is -0.145. The Morgan fingerprint density at radius 3 is 2.41 bits per heavy atom. The van der Waals surface area contributed by atoms with E-state index in [2.05, 4.69) is 57.0 Å². The van der Waals surface area contributed by atoms with E-state index in [1.54, 1.807) is 0 Å². The van der Waals surface area contributed by atoms with Crippen LogP contribution in [-0.4, -0.2) is 12.1 Å². The highest BCUT2D eigenvalue weighted by Gasteiger charge is 2.26. The largest absolute Gasteiger partial charge is 0.449 e. The van der Waals surface area contributed by atoms with Gasteiger partial charge in [0.1, 0.15) is 0 Å². The van der Waals surface area contributed by atoms with E-state index in [1.165, 1.54) is 18.1 Å². The van der Waals surface area contributed by atoms with E-state index in [9.17, 15) is 4.79 Å². The predicted octanol–water partition coefficient (Wildman–Crippen LogP) is 4.40. The van der Waals surface area contributed by atoms with Crippen LogP contribution in [0.15, 0.2) is 42.0 Å². The van der Waals surface area contributed by atoms with Crippen molar-refractivity contribution in [3.63, 3.8) is 0 Å². The lowest BCUT2D eigenvalue weighted by Crippen LogP contribution is -2.29. The fraction of sp³-hybridized carbons (Fsp3) is 0.450. The molecule has 0 fully saturated rings. The SMILES string of the molecule is C#C[C@@H](OC(C)=O)[C@@H](/C(C)=C/CCc1ccccc1)C(C)C. The van der Waals surface area contributed by atoms with Gasteiger partial charge in [0.05, 0.1) is 0 Å². The summed E-state index contributed by atoms with van der Waals surface area (Å²) in [6, 6.07) is 10.4. The Hall–Kier alpha value is -2.01. The molecule has 0 aliphatic rings. The van der Waals surface area contributed by atoms with Gasteiger partial charge in [-0.05, 0) is 31.2 Å². The first-order valence-corrected chi connectivity index (χ1v) is 7.79. The van der Waals surface area contributed by atoms with Crippen LogP contribution in [0.5, 0.6) is 0 Å². The van der Waals surface area contributed by atoms with Crippen molar-refractivity contribution in [1.82, 2.24) is 0 Å². The maximum atomic E-state index is 11.2. The third-order valence-electron chi connectivity index (χ3n) is 3.77. The molecule has 0 N–H and O–H groups in total. The molecule has 0 aliphatic carbocycles. The zero-order chi connectivity index (χ0) is 16.5. The Balaban J connectivity index is 2.75. The number of aryl methyl sites for hydroxylation is 1. The zero-order valence-corrected chi connectivity index (χ0v) is 14.0. The number of hydrogen-bond donors (Lipinski definition) is 0. The summed E-state index contributed by atoms with van der Waals surface area (Å²) in [5.74, 6) is 2.67. The number of allylic oxidation sites excluding steroid dienone is 1. The van der Waals surface area contributed by atoms with E-state index >= 15 is 0 Å². The number of terminal acetylenes is 1. The van der Waals surface area contributed by atoms with E-state index in [0.717, 1.165) is 12.8 Å². The minimum Gasteiger partial charge on any atom is -0.449 e. The molecule has 1 aromatic rings. The molecule has 1 aromatic carbocycles. The minimum atomic E-state index is -0.495. The van der Waals surface area contributed by atoms with E-state index < -0.39 is 6.10 Å². The average Bonchev–Trinajstić information content (AvgIpc) is 2.46. The molecule has 0 saturated carbocycles. The number of ether oxygens (including phenoxy) is 1. The summed E-state index contributed by atoms with van der Waals surface area (Å²) in [5, 5.41) is 0. The van der Waals surface area contributed by atoms with Crippen molar-refractivity contribution in [3.05, 3.63) is 47.5 Å². The summed E-state index contributed by atoms with van der Waals surface area (Å²) >= 11 is 0.